The maximum absolute atomic E-state index is 12.2. The highest BCUT2D eigenvalue weighted by atomic mass is 16.4. The minimum Gasteiger partial charge on any atom is -0.480 e. The fraction of sp³-hybridized carbons (Fsp3) is 0.818. The van der Waals surface area contributed by atoms with Crippen LogP contribution >= 0.6 is 0 Å². The second-order valence-corrected chi connectivity index (χ2v) is 8.72. The van der Waals surface area contributed by atoms with Gasteiger partial charge in [-0.2, -0.15) is 0 Å². The third kappa shape index (κ3) is 14.6. The monoisotopic (exact) mass is 502 g/mol. The average molecular weight is 503 g/mol. The minimum atomic E-state index is -1.02. The Morgan fingerprint density at radius 2 is 1.43 bits per heavy atom. The molecule has 0 spiro atoms. The molecule has 1 aliphatic rings. The Hall–Kier alpha value is -2.32. The number of unbranched alkanes of at least 4 members (excludes halogenated alkanes) is 2. The third-order valence-electron chi connectivity index (χ3n) is 5.91. The number of hydrogen-bond acceptors (Lipinski definition) is 9. The lowest BCUT2D eigenvalue weighted by atomic mass is 10.1. The Labute approximate surface area is 206 Å². The lowest BCUT2D eigenvalue weighted by Gasteiger charge is -2.33. The van der Waals surface area contributed by atoms with Gasteiger partial charge in [0.05, 0.1) is 13.1 Å². The quantitative estimate of drug-likeness (QED) is 0.146. The Morgan fingerprint density at radius 3 is 2.03 bits per heavy atom. The van der Waals surface area contributed by atoms with Crippen LogP contribution in [0.15, 0.2) is 0 Å². The highest BCUT2D eigenvalue weighted by molar-refractivity contribution is 5.78. The summed E-state index contributed by atoms with van der Waals surface area (Å²) in [4.78, 5) is 51.9. The van der Waals surface area contributed by atoms with Crippen molar-refractivity contribution in [1.29, 1.82) is 0 Å². The van der Waals surface area contributed by atoms with Gasteiger partial charge >= 0.3 is 17.9 Å². The van der Waals surface area contributed by atoms with Crippen LogP contribution in [0.3, 0.4) is 0 Å². The van der Waals surface area contributed by atoms with E-state index in [1.54, 1.807) is 14.7 Å². The number of carboxylic acids is 3. The Kier molecular flexibility index (Phi) is 15.8. The molecule has 0 aromatic rings. The Bertz CT molecular complexity index is 666. The van der Waals surface area contributed by atoms with Crippen molar-refractivity contribution in [3.63, 3.8) is 0 Å². The van der Waals surface area contributed by atoms with Crippen molar-refractivity contribution in [3.05, 3.63) is 0 Å². The van der Waals surface area contributed by atoms with Gasteiger partial charge in [-0.15, -0.1) is 0 Å². The highest BCUT2D eigenvalue weighted by Gasteiger charge is 2.27. The summed E-state index contributed by atoms with van der Waals surface area (Å²) in [5.74, 6) is -3.17. The number of nitrogens with one attached hydrogen (secondary N) is 2. The van der Waals surface area contributed by atoms with Crippen LogP contribution in [-0.4, -0.2) is 138 Å². The molecule has 202 valence electrons. The first-order valence-corrected chi connectivity index (χ1v) is 12.3. The molecule has 0 aromatic heterocycles. The molecule has 35 heavy (non-hydrogen) atoms. The van der Waals surface area contributed by atoms with Gasteiger partial charge in [-0.05, 0) is 25.8 Å². The topological polar surface area (TPSA) is 189 Å². The second-order valence-electron chi connectivity index (χ2n) is 8.72. The molecule has 13 nitrogen and oxygen atoms in total. The van der Waals surface area contributed by atoms with E-state index in [1.807, 2.05) is 0 Å². The van der Waals surface area contributed by atoms with Crippen LogP contribution in [-0.2, 0) is 19.2 Å². The standard InChI is InChI=1S/C22H42N6O7/c23-6-2-1-3-7-25-19(29)5-4-18(22(34)35)28-11-9-24-8-10-26(16-20(30)31)12-13-27(14-15-28)17-21(32)33/h18,24H,1-17,23H2,(H,25,29)(H,30,31)(H,32,33)(H,34,35). The molecular formula is C22H42N6O7. The van der Waals surface area contributed by atoms with E-state index in [-0.39, 0.29) is 31.8 Å². The van der Waals surface area contributed by atoms with Gasteiger partial charge in [-0.25, -0.2) is 0 Å². The first-order chi connectivity index (χ1) is 16.7. The Morgan fingerprint density at radius 1 is 0.829 bits per heavy atom. The molecule has 0 saturated carbocycles. The molecule has 1 saturated heterocycles. The zero-order valence-corrected chi connectivity index (χ0v) is 20.5. The van der Waals surface area contributed by atoms with Gasteiger partial charge in [0.15, 0.2) is 0 Å². The molecule has 1 unspecified atom stereocenters. The summed E-state index contributed by atoms with van der Waals surface area (Å²) < 4.78 is 0. The number of amides is 1. The molecule has 13 heteroatoms. The molecule has 1 fully saturated rings. The maximum atomic E-state index is 12.2. The van der Waals surface area contributed by atoms with Crippen molar-refractivity contribution >= 4 is 23.8 Å². The first-order valence-electron chi connectivity index (χ1n) is 12.3. The van der Waals surface area contributed by atoms with E-state index in [1.165, 1.54) is 0 Å². The number of carbonyl (C=O) groups excluding carboxylic acids is 1. The van der Waals surface area contributed by atoms with E-state index in [0.29, 0.717) is 65.4 Å². The summed E-state index contributed by atoms with van der Waals surface area (Å²) in [5.41, 5.74) is 5.45. The van der Waals surface area contributed by atoms with Gasteiger partial charge in [0, 0.05) is 65.3 Å². The van der Waals surface area contributed by atoms with E-state index >= 15 is 0 Å². The van der Waals surface area contributed by atoms with Gasteiger partial charge in [0.1, 0.15) is 6.04 Å². The fourth-order valence-corrected chi connectivity index (χ4v) is 3.98. The van der Waals surface area contributed by atoms with Crippen LogP contribution in [0.2, 0.25) is 0 Å². The van der Waals surface area contributed by atoms with Crippen LogP contribution in [0.4, 0.5) is 0 Å². The summed E-state index contributed by atoms with van der Waals surface area (Å²) in [7, 11) is 0. The summed E-state index contributed by atoms with van der Waals surface area (Å²) in [6, 6.07) is -0.877. The minimum absolute atomic E-state index is 0.0841. The van der Waals surface area contributed by atoms with Crippen molar-refractivity contribution in [2.75, 3.05) is 78.5 Å². The normalized spacial score (nSPS) is 18.2. The van der Waals surface area contributed by atoms with Crippen LogP contribution in [0.5, 0.6) is 0 Å². The van der Waals surface area contributed by atoms with Crippen LogP contribution in [0.1, 0.15) is 32.1 Å². The first kappa shape index (κ1) is 30.7. The molecular weight excluding hydrogens is 460 g/mol. The third-order valence-corrected chi connectivity index (χ3v) is 5.91. The molecule has 0 aromatic carbocycles. The smallest absolute Gasteiger partial charge is 0.320 e. The van der Waals surface area contributed by atoms with Crippen molar-refractivity contribution in [2.45, 2.75) is 38.1 Å². The van der Waals surface area contributed by atoms with Crippen LogP contribution in [0, 0.1) is 0 Å². The van der Waals surface area contributed by atoms with E-state index < -0.39 is 23.9 Å². The predicted octanol–water partition coefficient (Wildman–Crippen LogP) is -1.86. The molecule has 1 aliphatic heterocycles. The number of nitrogens with two attached hydrogens (primary N) is 1. The predicted molar refractivity (Wildman–Crippen MR) is 129 cm³/mol. The number of hydrogen-bond donors (Lipinski definition) is 6. The van der Waals surface area contributed by atoms with Crippen molar-refractivity contribution in [2.24, 2.45) is 5.73 Å². The zero-order chi connectivity index (χ0) is 26.1. The molecule has 1 rings (SSSR count). The van der Waals surface area contributed by atoms with Crippen LogP contribution in [0.25, 0.3) is 0 Å². The summed E-state index contributed by atoms with van der Waals surface area (Å²) in [6.45, 7) is 4.02. The Balaban J connectivity index is 2.74. The molecule has 1 amide bonds. The van der Waals surface area contributed by atoms with Crippen molar-refractivity contribution in [1.82, 2.24) is 25.3 Å². The number of nitrogens with zero attached hydrogens (tertiary/aromatic N) is 3. The zero-order valence-electron chi connectivity index (χ0n) is 20.5. The summed E-state index contributed by atoms with van der Waals surface area (Å²) >= 11 is 0. The van der Waals surface area contributed by atoms with E-state index in [2.05, 4.69) is 10.6 Å². The SMILES string of the molecule is NCCCCCNC(=O)CCC(C(=O)O)N1CCNCCN(CC(=O)O)CCN(CC(=O)O)CC1. The molecule has 0 bridgehead atoms. The van der Waals surface area contributed by atoms with Gasteiger partial charge in [-0.1, -0.05) is 6.42 Å². The van der Waals surface area contributed by atoms with Crippen molar-refractivity contribution < 1.29 is 34.5 Å². The number of carboxylic acid groups (broad SMARTS) is 3. The van der Waals surface area contributed by atoms with Crippen molar-refractivity contribution in [3.8, 4) is 0 Å². The number of rotatable bonds is 14. The average Bonchev–Trinajstić information content (AvgIpc) is 2.77. The van der Waals surface area contributed by atoms with E-state index in [0.717, 1.165) is 19.3 Å². The molecule has 0 radical (unpaired) electrons. The summed E-state index contributed by atoms with van der Waals surface area (Å²) in [5, 5.41) is 34.3. The van der Waals surface area contributed by atoms with Gasteiger partial charge in [-0.3, -0.25) is 33.9 Å². The largest absolute Gasteiger partial charge is 0.480 e. The fourth-order valence-electron chi connectivity index (χ4n) is 3.98. The molecule has 1 atom stereocenters. The van der Waals surface area contributed by atoms with Gasteiger partial charge in [0.25, 0.3) is 0 Å². The van der Waals surface area contributed by atoms with Gasteiger partial charge in [0.2, 0.25) is 5.91 Å². The van der Waals surface area contributed by atoms with E-state index in [9.17, 15) is 29.4 Å². The maximum Gasteiger partial charge on any atom is 0.320 e. The van der Waals surface area contributed by atoms with Gasteiger partial charge < -0.3 is 31.7 Å². The number of carbonyl (C=O) groups is 4. The second kappa shape index (κ2) is 18.0. The highest BCUT2D eigenvalue weighted by Crippen LogP contribution is 2.09. The lowest BCUT2D eigenvalue weighted by molar-refractivity contribution is -0.144. The lowest BCUT2D eigenvalue weighted by Crippen LogP contribution is -2.50. The van der Waals surface area contributed by atoms with E-state index in [4.69, 9.17) is 10.8 Å². The number of aliphatic carboxylic acids is 3. The summed E-state index contributed by atoms with van der Waals surface area (Å²) in [6.07, 6.45) is 2.88. The molecule has 7 N–H and O–H groups in total. The molecule has 0 aliphatic carbocycles. The molecule has 1 heterocycles. The van der Waals surface area contributed by atoms with Crippen LogP contribution < -0.4 is 16.4 Å².